The zero-order chi connectivity index (χ0) is 12.3. The first-order valence-electron chi connectivity index (χ1n) is 5.84. The van der Waals surface area contributed by atoms with Crippen LogP contribution in [0.3, 0.4) is 0 Å². The Morgan fingerprint density at radius 1 is 1.35 bits per heavy atom. The highest BCUT2D eigenvalue weighted by atomic mass is 16.5. The molecular formula is C13H17NO3. The fraction of sp³-hybridized carbons (Fsp3) is 0.462. The van der Waals surface area contributed by atoms with Gasteiger partial charge in [0.1, 0.15) is 11.8 Å². The number of hydrogen-bond acceptors (Lipinski definition) is 3. The van der Waals surface area contributed by atoms with Gasteiger partial charge in [-0.25, -0.2) is 0 Å². The second-order valence-electron chi connectivity index (χ2n) is 4.23. The summed E-state index contributed by atoms with van der Waals surface area (Å²) in [4.78, 5) is 13.5. The summed E-state index contributed by atoms with van der Waals surface area (Å²) < 4.78 is 5.25. The van der Waals surface area contributed by atoms with Crippen molar-refractivity contribution in [1.82, 2.24) is 4.90 Å². The molecule has 4 nitrogen and oxygen atoms in total. The van der Waals surface area contributed by atoms with E-state index in [1.165, 1.54) is 0 Å². The van der Waals surface area contributed by atoms with E-state index >= 15 is 0 Å². The van der Waals surface area contributed by atoms with Crippen LogP contribution in [0.2, 0.25) is 0 Å². The van der Waals surface area contributed by atoms with Gasteiger partial charge in [-0.05, 0) is 32.0 Å². The molecule has 0 bridgehead atoms. The van der Waals surface area contributed by atoms with Gasteiger partial charge in [0.25, 0.3) is 0 Å². The Morgan fingerprint density at radius 3 is 2.59 bits per heavy atom. The molecule has 1 aromatic rings. The Kier molecular flexibility index (Phi) is 3.64. The van der Waals surface area contributed by atoms with Crippen molar-refractivity contribution in [3.8, 4) is 5.75 Å². The largest absolute Gasteiger partial charge is 0.496 e. The molecule has 1 heterocycles. The van der Waals surface area contributed by atoms with Crippen LogP contribution in [0.1, 0.15) is 24.4 Å². The lowest BCUT2D eigenvalue weighted by Gasteiger charge is -2.25. The lowest BCUT2D eigenvalue weighted by molar-refractivity contribution is -0.143. The van der Waals surface area contributed by atoms with Gasteiger partial charge in [0, 0.05) is 5.56 Å². The molecule has 0 aromatic heterocycles. The SMILES string of the molecule is COc1ccccc1C(C(=O)O)N1CCCC1. The standard InChI is InChI=1S/C13H17NO3/c1-17-11-7-3-2-6-10(11)12(13(15)16)14-8-4-5-9-14/h2-3,6-7,12H,4-5,8-9H2,1H3,(H,15,16). The van der Waals surface area contributed by atoms with E-state index in [9.17, 15) is 9.90 Å². The van der Waals surface area contributed by atoms with Crippen LogP contribution >= 0.6 is 0 Å². The number of aliphatic carboxylic acids is 1. The molecule has 0 radical (unpaired) electrons. The van der Waals surface area contributed by atoms with E-state index in [2.05, 4.69) is 0 Å². The molecule has 0 saturated carbocycles. The maximum absolute atomic E-state index is 11.5. The summed E-state index contributed by atoms with van der Waals surface area (Å²) in [6.45, 7) is 1.68. The molecule has 1 fully saturated rings. The molecule has 1 aliphatic heterocycles. The number of benzene rings is 1. The number of nitrogens with zero attached hydrogens (tertiary/aromatic N) is 1. The van der Waals surface area contributed by atoms with E-state index in [0.717, 1.165) is 31.5 Å². The van der Waals surface area contributed by atoms with Gasteiger partial charge in [0.15, 0.2) is 0 Å². The van der Waals surface area contributed by atoms with Crippen molar-refractivity contribution < 1.29 is 14.6 Å². The maximum Gasteiger partial charge on any atom is 0.325 e. The number of para-hydroxylation sites is 1. The van der Waals surface area contributed by atoms with Crippen LogP contribution in [0.5, 0.6) is 5.75 Å². The van der Waals surface area contributed by atoms with Crippen molar-refractivity contribution in [3.63, 3.8) is 0 Å². The van der Waals surface area contributed by atoms with E-state index in [1.54, 1.807) is 13.2 Å². The average Bonchev–Trinajstić information content (AvgIpc) is 2.83. The summed E-state index contributed by atoms with van der Waals surface area (Å²) in [5.74, 6) is -0.164. The molecule has 0 amide bonds. The van der Waals surface area contributed by atoms with E-state index in [-0.39, 0.29) is 0 Å². The van der Waals surface area contributed by atoms with E-state index < -0.39 is 12.0 Å². The number of rotatable bonds is 4. The van der Waals surface area contributed by atoms with Gasteiger partial charge >= 0.3 is 5.97 Å². The number of likely N-dealkylation sites (tertiary alicyclic amines) is 1. The van der Waals surface area contributed by atoms with Crippen LogP contribution in [0.4, 0.5) is 0 Å². The summed E-state index contributed by atoms with van der Waals surface area (Å²) in [6.07, 6.45) is 2.14. The van der Waals surface area contributed by atoms with Crippen LogP contribution in [-0.4, -0.2) is 36.2 Å². The highest BCUT2D eigenvalue weighted by Gasteiger charge is 2.31. The predicted molar refractivity (Wildman–Crippen MR) is 64.2 cm³/mol. The average molecular weight is 235 g/mol. The van der Waals surface area contributed by atoms with Crippen molar-refractivity contribution in [1.29, 1.82) is 0 Å². The van der Waals surface area contributed by atoms with E-state index in [1.807, 2.05) is 23.1 Å². The minimum atomic E-state index is -0.809. The molecule has 1 aromatic carbocycles. The van der Waals surface area contributed by atoms with E-state index in [4.69, 9.17) is 4.74 Å². The molecule has 1 saturated heterocycles. The van der Waals surface area contributed by atoms with Crippen molar-refractivity contribution >= 4 is 5.97 Å². The fourth-order valence-corrected chi connectivity index (χ4v) is 2.38. The summed E-state index contributed by atoms with van der Waals surface area (Å²) in [6, 6.07) is 6.75. The topological polar surface area (TPSA) is 49.8 Å². The number of hydrogen-bond donors (Lipinski definition) is 1. The van der Waals surface area contributed by atoms with Crippen LogP contribution in [0, 0.1) is 0 Å². The minimum absolute atomic E-state index is 0.589. The molecule has 2 rings (SSSR count). The highest BCUT2D eigenvalue weighted by molar-refractivity contribution is 5.76. The number of carboxylic acid groups (broad SMARTS) is 1. The quantitative estimate of drug-likeness (QED) is 0.866. The second-order valence-corrected chi connectivity index (χ2v) is 4.23. The van der Waals surface area contributed by atoms with Crippen LogP contribution in [-0.2, 0) is 4.79 Å². The summed E-state index contributed by atoms with van der Waals surface area (Å²) in [5.41, 5.74) is 0.740. The van der Waals surface area contributed by atoms with Gasteiger partial charge in [-0.1, -0.05) is 18.2 Å². The Balaban J connectivity index is 2.34. The number of methoxy groups -OCH3 is 1. The summed E-state index contributed by atoms with van der Waals surface area (Å²) in [5, 5.41) is 9.41. The second kappa shape index (κ2) is 5.19. The Hall–Kier alpha value is -1.55. The maximum atomic E-state index is 11.5. The van der Waals surface area contributed by atoms with Crippen molar-refractivity contribution in [3.05, 3.63) is 29.8 Å². The first-order chi connectivity index (χ1) is 8.24. The smallest absolute Gasteiger partial charge is 0.325 e. The molecule has 1 unspecified atom stereocenters. The van der Waals surface area contributed by atoms with Gasteiger partial charge in [-0.2, -0.15) is 0 Å². The van der Waals surface area contributed by atoms with Crippen LogP contribution < -0.4 is 4.74 Å². The van der Waals surface area contributed by atoms with Crippen molar-refractivity contribution in [2.75, 3.05) is 20.2 Å². The monoisotopic (exact) mass is 235 g/mol. The number of ether oxygens (including phenoxy) is 1. The van der Waals surface area contributed by atoms with Crippen LogP contribution in [0.25, 0.3) is 0 Å². The minimum Gasteiger partial charge on any atom is -0.496 e. The zero-order valence-corrected chi connectivity index (χ0v) is 9.93. The van der Waals surface area contributed by atoms with Gasteiger partial charge in [-0.3, -0.25) is 9.69 Å². The molecular weight excluding hydrogens is 218 g/mol. The fourth-order valence-electron chi connectivity index (χ4n) is 2.38. The molecule has 92 valence electrons. The highest BCUT2D eigenvalue weighted by Crippen LogP contribution is 2.31. The third-order valence-electron chi connectivity index (χ3n) is 3.17. The Labute approximate surface area is 101 Å². The van der Waals surface area contributed by atoms with Gasteiger partial charge in [0.2, 0.25) is 0 Å². The number of carboxylic acids is 1. The third-order valence-corrected chi connectivity index (χ3v) is 3.17. The van der Waals surface area contributed by atoms with Gasteiger partial charge in [0.05, 0.1) is 7.11 Å². The van der Waals surface area contributed by atoms with Crippen molar-refractivity contribution in [2.45, 2.75) is 18.9 Å². The zero-order valence-electron chi connectivity index (χ0n) is 9.93. The molecule has 17 heavy (non-hydrogen) atoms. The molecule has 1 N–H and O–H groups in total. The molecule has 0 aliphatic carbocycles. The first-order valence-corrected chi connectivity index (χ1v) is 5.84. The molecule has 1 aliphatic rings. The van der Waals surface area contributed by atoms with E-state index in [0.29, 0.717) is 5.75 Å². The summed E-state index contributed by atoms with van der Waals surface area (Å²) >= 11 is 0. The molecule has 1 atom stereocenters. The lowest BCUT2D eigenvalue weighted by atomic mass is 10.0. The first kappa shape index (κ1) is 11.9. The van der Waals surface area contributed by atoms with Crippen molar-refractivity contribution in [2.24, 2.45) is 0 Å². The lowest BCUT2D eigenvalue weighted by Crippen LogP contribution is -2.32. The third kappa shape index (κ3) is 2.42. The predicted octanol–water partition coefficient (Wildman–Crippen LogP) is 1.92. The molecule has 4 heteroatoms. The van der Waals surface area contributed by atoms with Crippen LogP contribution in [0.15, 0.2) is 24.3 Å². The summed E-state index contributed by atoms with van der Waals surface area (Å²) in [7, 11) is 1.57. The van der Waals surface area contributed by atoms with Gasteiger partial charge < -0.3 is 9.84 Å². The molecule has 0 spiro atoms. The normalized spacial score (nSPS) is 17.9. The Bertz CT molecular complexity index is 399. The van der Waals surface area contributed by atoms with Gasteiger partial charge in [-0.15, -0.1) is 0 Å². The number of carbonyl (C=O) groups is 1. The Morgan fingerprint density at radius 2 is 2.00 bits per heavy atom.